The molecule has 0 N–H and O–H groups in total. The van der Waals surface area contributed by atoms with Gasteiger partial charge in [-0.2, -0.15) is 5.26 Å². The molecule has 0 aliphatic carbocycles. The van der Waals surface area contributed by atoms with Crippen molar-refractivity contribution in [3.05, 3.63) is 23.9 Å². The number of rotatable bonds is 4. The third kappa shape index (κ3) is 3.18. The van der Waals surface area contributed by atoms with Crippen LogP contribution in [0.4, 0.5) is 5.82 Å². The minimum absolute atomic E-state index is 0.482. The van der Waals surface area contributed by atoms with Crippen LogP contribution in [-0.2, 0) is 0 Å². The Morgan fingerprint density at radius 2 is 2.18 bits per heavy atom. The fraction of sp³-hybridized carbons (Fsp3) is 0.538. The molecule has 0 saturated carbocycles. The smallest absolute Gasteiger partial charge is 0.142 e. The summed E-state index contributed by atoms with van der Waals surface area (Å²) in [7, 11) is 2.03. The molecule has 4 heteroatoms. The molecule has 2 heterocycles. The molecule has 1 fully saturated rings. The van der Waals surface area contributed by atoms with Gasteiger partial charge in [0.25, 0.3) is 0 Å². The summed E-state index contributed by atoms with van der Waals surface area (Å²) in [6.07, 6.45) is 2.65. The molecule has 1 aliphatic heterocycles. The molecule has 0 radical (unpaired) electrons. The highest BCUT2D eigenvalue weighted by molar-refractivity contribution is 5.40. The van der Waals surface area contributed by atoms with Gasteiger partial charge in [-0.1, -0.05) is 6.07 Å². The van der Waals surface area contributed by atoms with Gasteiger partial charge in [0.2, 0.25) is 0 Å². The molecule has 1 aromatic heterocycles. The number of aromatic nitrogens is 1. The molecule has 0 bridgehead atoms. The number of nitriles is 1. The zero-order chi connectivity index (χ0) is 12.1. The molecule has 1 aliphatic rings. The van der Waals surface area contributed by atoms with Crippen LogP contribution in [0, 0.1) is 11.3 Å². The average molecular weight is 230 g/mol. The predicted octanol–water partition coefficient (Wildman–Crippen LogP) is 1.49. The Kier molecular flexibility index (Phi) is 3.94. The third-order valence-electron chi connectivity index (χ3n) is 3.19. The van der Waals surface area contributed by atoms with Crippen LogP contribution in [0.2, 0.25) is 0 Å². The van der Waals surface area contributed by atoms with Crippen molar-refractivity contribution in [2.75, 3.05) is 38.1 Å². The Hall–Kier alpha value is -1.60. The van der Waals surface area contributed by atoms with Crippen molar-refractivity contribution in [3.63, 3.8) is 0 Å². The topological polar surface area (TPSA) is 43.2 Å². The van der Waals surface area contributed by atoms with Crippen LogP contribution < -0.4 is 4.90 Å². The Labute approximate surface area is 102 Å². The molecule has 0 spiro atoms. The molecule has 0 aromatic carbocycles. The number of likely N-dealkylation sites (N-methyl/N-ethyl adjacent to an activating group) is 1. The van der Waals surface area contributed by atoms with E-state index < -0.39 is 0 Å². The lowest BCUT2D eigenvalue weighted by atomic mass is 10.3. The summed E-state index contributed by atoms with van der Waals surface area (Å²) in [4.78, 5) is 8.87. The largest absolute Gasteiger partial charge is 0.358 e. The summed E-state index contributed by atoms with van der Waals surface area (Å²) in [6, 6.07) is 7.64. The van der Waals surface area contributed by atoms with Crippen molar-refractivity contribution >= 4 is 5.82 Å². The number of hydrogen-bond acceptors (Lipinski definition) is 4. The predicted molar refractivity (Wildman–Crippen MR) is 67.9 cm³/mol. The second kappa shape index (κ2) is 5.65. The highest BCUT2D eigenvalue weighted by atomic mass is 15.2. The van der Waals surface area contributed by atoms with Crippen LogP contribution in [0.25, 0.3) is 0 Å². The van der Waals surface area contributed by atoms with Gasteiger partial charge < -0.3 is 9.80 Å². The zero-order valence-electron chi connectivity index (χ0n) is 10.3. The Bertz CT molecular complexity index is 404. The lowest BCUT2D eigenvalue weighted by Gasteiger charge is -2.22. The molecule has 0 unspecified atom stereocenters. The summed E-state index contributed by atoms with van der Waals surface area (Å²) in [6.45, 7) is 4.48. The first-order chi connectivity index (χ1) is 8.29. The normalized spacial score (nSPS) is 15.8. The van der Waals surface area contributed by atoms with Gasteiger partial charge in [0, 0.05) is 20.1 Å². The van der Waals surface area contributed by atoms with E-state index in [1.165, 1.54) is 25.9 Å². The van der Waals surface area contributed by atoms with Crippen LogP contribution >= 0.6 is 0 Å². The van der Waals surface area contributed by atoms with Gasteiger partial charge in [0.1, 0.15) is 17.6 Å². The van der Waals surface area contributed by atoms with Gasteiger partial charge in [-0.25, -0.2) is 4.98 Å². The summed E-state index contributed by atoms with van der Waals surface area (Å²) in [5.41, 5.74) is 0.482. The van der Waals surface area contributed by atoms with E-state index in [-0.39, 0.29) is 0 Å². The lowest BCUT2D eigenvalue weighted by Crippen LogP contribution is -2.31. The van der Waals surface area contributed by atoms with Crippen molar-refractivity contribution in [1.29, 1.82) is 5.26 Å². The molecule has 4 nitrogen and oxygen atoms in total. The third-order valence-corrected chi connectivity index (χ3v) is 3.19. The average Bonchev–Trinajstić information content (AvgIpc) is 2.89. The first kappa shape index (κ1) is 11.9. The van der Waals surface area contributed by atoms with Crippen molar-refractivity contribution < 1.29 is 0 Å². The number of anilines is 1. The summed E-state index contributed by atoms with van der Waals surface area (Å²) >= 11 is 0. The second-order valence-corrected chi connectivity index (χ2v) is 4.46. The monoisotopic (exact) mass is 230 g/mol. The van der Waals surface area contributed by atoms with Gasteiger partial charge in [0.15, 0.2) is 0 Å². The van der Waals surface area contributed by atoms with Crippen LogP contribution in [-0.4, -0.2) is 43.1 Å². The zero-order valence-corrected chi connectivity index (χ0v) is 10.3. The Morgan fingerprint density at radius 1 is 1.41 bits per heavy atom. The molecule has 0 atom stereocenters. The minimum atomic E-state index is 0.482. The molecule has 90 valence electrons. The fourth-order valence-electron chi connectivity index (χ4n) is 2.11. The number of likely N-dealkylation sites (tertiary alicyclic amines) is 1. The summed E-state index contributed by atoms with van der Waals surface area (Å²) in [5.74, 6) is 0.878. The van der Waals surface area contributed by atoms with Crippen LogP contribution in [0.15, 0.2) is 18.2 Å². The maximum atomic E-state index is 8.81. The van der Waals surface area contributed by atoms with Gasteiger partial charge in [0.05, 0.1) is 0 Å². The first-order valence-electron chi connectivity index (χ1n) is 6.10. The minimum Gasteiger partial charge on any atom is -0.358 e. The van der Waals surface area contributed by atoms with E-state index in [2.05, 4.69) is 20.9 Å². The van der Waals surface area contributed by atoms with E-state index in [0.717, 1.165) is 18.9 Å². The molecule has 0 amide bonds. The highest BCUT2D eigenvalue weighted by Crippen LogP contribution is 2.11. The van der Waals surface area contributed by atoms with E-state index in [0.29, 0.717) is 5.69 Å². The van der Waals surface area contributed by atoms with Gasteiger partial charge in [-0.05, 0) is 38.1 Å². The Balaban J connectivity index is 1.89. The SMILES string of the molecule is CN(CCN1CCCC1)c1cccc(C#N)n1. The van der Waals surface area contributed by atoms with E-state index in [9.17, 15) is 0 Å². The maximum Gasteiger partial charge on any atom is 0.142 e. The lowest BCUT2D eigenvalue weighted by molar-refractivity contribution is 0.346. The van der Waals surface area contributed by atoms with Gasteiger partial charge >= 0.3 is 0 Å². The van der Waals surface area contributed by atoms with E-state index in [1.54, 1.807) is 6.07 Å². The molecular weight excluding hydrogens is 212 g/mol. The second-order valence-electron chi connectivity index (χ2n) is 4.46. The highest BCUT2D eigenvalue weighted by Gasteiger charge is 2.12. The molecule has 1 saturated heterocycles. The van der Waals surface area contributed by atoms with E-state index in [1.807, 2.05) is 19.2 Å². The number of hydrogen-bond donors (Lipinski definition) is 0. The number of pyridine rings is 1. The van der Waals surface area contributed by atoms with Crippen molar-refractivity contribution in [2.24, 2.45) is 0 Å². The summed E-state index contributed by atoms with van der Waals surface area (Å²) in [5, 5.41) is 8.81. The van der Waals surface area contributed by atoms with Crippen molar-refractivity contribution in [2.45, 2.75) is 12.8 Å². The van der Waals surface area contributed by atoms with Crippen LogP contribution in [0.1, 0.15) is 18.5 Å². The molecule has 2 rings (SSSR count). The van der Waals surface area contributed by atoms with Crippen molar-refractivity contribution in [1.82, 2.24) is 9.88 Å². The molecular formula is C13H18N4. The van der Waals surface area contributed by atoms with E-state index in [4.69, 9.17) is 5.26 Å². The quantitative estimate of drug-likeness (QED) is 0.786. The fourth-order valence-corrected chi connectivity index (χ4v) is 2.11. The Morgan fingerprint density at radius 3 is 2.88 bits per heavy atom. The molecule has 1 aromatic rings. The standard InChI is InChI=1S/C13H18N4/c1-16(9-10-17-7-2-3-8-17)13-6-4-5-12(11-14)15-13/h4-6H,2-3,7-10H2,1H3. The summed E-state index contributed by atoms with van der Waals surface area (Å²) < 4.78 is 0. The van der Waals surface area contributed by atoms with E-state index >= 15 is 0 Å². The van der Waals surface area contributed by atoms with Crippen LogP contribution in [0.5, 0.6) is 0 Å². The van der Waals surface area contributed by atoms with Gasteiger partial charge in [-0.15, -0.1) is 0 Å². The first-order valence-corrected chi connectivity index (χ1v) is 6.10. The maximum absolute atomic E-state index is 8.81. The van der Waals surface area contributed by atoms with Crippen molar-refractivity contribution in [3.8, 4) is 6.07 Å². The molecule has 17 heavy (non-hydrogen) atoms. The van der Waals surface area contributed by atoms with Gasteiger partial charge in [-0.3, -0.25) is 0 Å². The number of nitrogens with zero attached hydrogens (tertiary/aromatic N) is 4. The van der Waals surface area contributed by atoms with Crippen LogP contribution in [0.3, 0.4) is 0 Å².